The summed E-state index contributed by atoms with van der Waals surface area (Å²) in [6.45, 7) is 27.1. The van der Waals surface area contributed by atoms with Gasteiger partial charge in [0.05, 0.1) is 0 Å². The summed E-state index contributed by atoms with van der Waals surface area (Å²) in [5.41, 5.74) is 13.4. The van der Waals surface area contributed by atoms with Crippen LogP contribution in [0.3, 0.4) is 0 Å². The molecule has 4 aromatic rings. The Morgan fingerprint density at radius 2 is 1.25 bits per heavy atom. The molecule has 3 heteroatoms. The first-order valence-electron chi connectivity index (χ1n) is 17.0. The average Bonchev–Trinajstić information content (AvgIpc) is 3.65. The van der Waals surface area contributed by atoms with Crippen LogP contribution in [0.2, 0.25) is 0 Å². The van der Waals surface area contributed by atoms with E-state index < -0.39 is 0 Å². The molecular weight excluding hydrogens is 703 g/mol. The van der Waals surface area contributed by atoms with Gasteiger partial charge in [-0.1, -0.05) is 109 Å². The summed E-state index contributed by atoms with van der Waals surface area (Å²) < 4.78 is 1.55. The van der Waals surface area contributed by atoms with Crippen molar-refractivity contribution < 1.29 is 49.0 Å². The predicted octanol–water partition coefficient (Wildman–Crippen LogP) is 6.63. The van der Waals surface area contributed by atoms with Crippen molar-refractivity contribution in [1.29, 1.82) is 0 Å². The van der Waals surface area contributed by atoms with Crippen molar-refractivity contribution in [2.45, 2.75) is 100 Å². The van der Waals surface area contributed by atoms with Gasteiger partial charge in [-0.3, -0.25) is 6.08 Å². The SMILES string of the molecule is CC1=CC(C)(C)c2cc3[cH-]c4cc5c(cc4c3cc21)C(C)=CC5(C)C.CC1=[C-]C(C)C=C1C(C)(C)C.CC[C](=[Zr+2])c1ccccc1.[Cl-].[Cl-]. The van der Waals surface area contributed by atoms with Crippen molar-refractivity contribution in [3.05, 3.63) is 124 Å². The molecule has 0 heterocycles. The Morgan fingerprint density at radius 1 is 0.792 bits per heavy atom. The minimum absolute atomic E-state index is 0. The summed E-state index contributed by atoms with van der Waals surface area (Å²) in [4.78, 5) is 0. The van der Waals surface area contributed by atoms with Crippen LogP contribution in [0.4, 0.5) is 0 Å². The summed E-state index contributed by atoms with van der Waals surface area (Å²) >= 11 is 1.54. The van der Waals surface area contributed by atoms with Gasteiger partial charge < -0.3 is 24.8 Å². The molecule has 252 valence electrons. The Hall–Kier alpha value is -2.18. The molecule has 0 aromatic heterocycles. The molecule has 0 fully saturated rings. The number of halogens is 2. The summed E-state index contributed by atoms with van der Waals surface area (Å²) in [5, 5.41) is 5.57. The monoisotopic (exact) mass is 752 g/mol. The average molecular weight is 755 g/mol. The van der Waals surface area contributed by atoms with Crippen LogP contribution >= 0.6 is 0 Å². The molecule has 0 nitrogen and oxygen atoms in total. The number of benzene rings is 3. The maximum atomic E-state index is 3.40. The standard InChI is InChI=1S/C25H25.C11H17.C9H10.2ClH.Zr/c1-14-12-24(3,4)22-8-16-7-17-9-23-19(15(2)13-25(23,5)6)11-21(17)20(16)10-18(14)22;1-8-6-9(2)10(7-8)11(3,4)5;1-2-6-9-7-4-3-5-8-9;;;/h7-13H,1-6H3;7-8H,1-5H3;3-5,7-8H,2H2,1H3;2*1H;/q2*-1;;;;+2/p-2. The van der Waals surface area contributed by atoms with Gasteiger partial charge in [0.15, 0.2) is 0 Å². The smallest absolute Gasteiger partial charge is 1.00 e. The fourth-order valence-electron chi connectivity index (χ4n) is 7.71. The molecule has 4 aromatic carbocycles. The van der Waals surface area contributed by atoms with Crippen LogP contribution < -0.4 is 24.8 Å². The fourth-order valence-corrected chi connectivity index (χ4v) is 8.12. The minimum Gasteiger partial charge on any atom is -1.00 e. The van der Waals surface area contributed by atoms with Crippen LogP contribution in [0, 0.1) is 17.4 Å². The second-order valence-electron chi connectivity index (χ2n) is 15.8. The van der Waals surface area contributed by atoms with Gasteiger partial charge in [0.25, 0.3) is 0 Å². The molecule has 0 amide bonds. The van der Waals surface area contributed by atoms with Crippen LogP contribution in [0.25, 0.3) is 32.7 Å². The molecule has 1 atom stereocenters. The van der Waals surface area contributed by atoms with E-state index in [4.69, 9.17) is 0 Å². The topological polar surface area (TPSA) is 0 Å². The summed E-state index contributed by atoms with van der Waals surface area (Å²) in [7, 11) is 0. The van der Waals surface area contributed by atoms with Crippen LogP contribution in [0.15, 0.2) is 90.0 Å². The Balaban J connectivity index is 0.000000228. The van der Waals surface area contributed by atoms with Gasteiger partial charge in [-0.2, -0.15) is 11.6 Å². The van der Waals surface area contributed by atoms with E-state index in [1.54, 1.807) is 3.21 Å². The second-order valence-corrected chi connectivity index (χ2v) is 17.3. The molecule has 0 spiro atoms. The normalized spacial score (nSPS) is 18.1. The van der Waals surface area contributed by atoms with Crippen LogP contribution in [-0.2, 0) is 35.1 Å². The van der Waals surface area contributed by atoms with Crippen molar-refractivity contribution in [1.82, 2.24) is 0 Å². The van der Waals surface area contributed by atoms with Gasteiger partial charge in [0, 0.05) is 10.8 Å². The fraction of sp³-hybridized carbons (Fsp3) is 0.378. The van der Waals surface area contributed by atoms with E-state index in [0.717, 1.165) is 0 Å². The van der Waals surface area contributed by atoms with Crippen molar-refractivity contribution in [3.8, 4) is 0 Å². The maximum absolute atomic E-state index is 3.40. The third-order valence-corrected chi connectivity index (χ3v) is 11.5. The van der Waals surface area contributed by atoms with Crippen LogP contribution in [0.1, 0.15) is 117 Å². The minimum atomic E-state index is 0. The summed E-state index contributed by atoms with van der Waals surface area (Å²) in [6.07, 6.45) is 11.7. The molecule has 3 aliphatic rings. The van der Waals surface area contributed by atoms with Gasteiger partial charge >= 0.3 is 76.7 Å². The van der Waals surface area contributed by atoms with Crippen molar-refractivity contribution in [2.75, 3.05) is 0 Å². The van der Waals surface area contributed by atoms with Gasteiger partial charge in [-0.05, 0) is 36.1 Å². The van der Waals surface area contributed by atoms with Gasteiger partial charge in [0.1, 0.15) is 0 Å². The zero-order valence-electron chi connectivity index (χ0n) is 31.0. The van der Waals surface area contributed by atoms with Crippen molar-refractivity contribution in [3.63, 3.8) is 0 Å². The first kappa shape index (κ1) is 40.3. The zero-order valence-corrected chi connectivity index (χ0v) is 35.0. The number of fused-ring (bicyclic) bond motifs is 5. The number of rotatable bonds is 2. The van der Waals surface area contributed by atoms with Crippen molar-refractivity contribution >= 4 is 35.9 Å². The van der Waals surface area contributed by atoms with E-state index in [1.807, 2.05) is 0 Å². The number of allylic oxidation sites excluding steroid dienone is 8. The van der Waals surface area contributed by atoms with Gasteiger partial charge in [-0.25, -0.2) is 5.57 Å². The molecule has 0 bridgehead atoms. The van der Waals surface area contributed by atoms with Crippen LogP contribution in [-0.4, -0.2) is 3.21 Å². The molecule has 0 aliphatic heterocycles. The number of hydrogen-bond donors (Lipinski definition) is 0. The molecule has 0 radical (unpaired) electrons. The molecule has 0 saturated carbocycles. The third kappa shape index (κ3) is 8.06. The molecule has 48 heavy (non-hydrogen) atoms. The second kappa shape index (κ2) is 15.0. The molecule has 0 N–H and O–H groups in total. The Kier molecular flexibility index (Phi) is 12.6. The zero-order chi connectivity index (χ0) is 33.8. The molecule has 1 unspecified atom stereocenters. The number of hydrogen-bond acceptors (Lipinski definition) is 0. The first-order valence-corrected chi connectivity index (χ1v) is 18.2. The summed E-state index contributed by atoms with van der Waals surface area (Å²) in [5.74, 6) is 0.518. The first-order chi connectivity index (χ1) is 21.4. The Morgan fingerprint density at radius 3 is 1.60 bits per heavy atom. The van der Waals surface area contributed by atoms with Gasteiger partial charge in [-0.15, -0.1) is 39.7 Å². The summed E-state index contributed by atoms with van der Waals surface area (Å²) in [6, 6.07) is 22.7. The third-order valence-electron chi connectivity index (χ3n) is 9.92. The van der Waals surface area contributed by atoms with E-state index in [2.05, 4.69) is 168 Å². The van der Waals surface area contributed by atoms with E-state index in [-0.39, 0.29) is 35.6 Å². The van der Waals surface area contributed by atoms with E-state index in [0.29, 0.717) is 11.3 Å². The van der Waals surface area contributed by atoms with Crippen LogP contribution in [0.5, 0.6) is 0 Å². The molecule has 3 aliphatic carbocycles. The molecule has 0 saturated heterocycles. The Labute approximate surface area is 318 Å². The van der Waals surface area contributed by atoms with Crippen molar-refractivity contribution in [2.24, 2.45) is 11.3 Å². The maximum Gasteiger partial charge on any atom is -1.00 e. The quantitative estimate of drug-likeness (QED) is 0.202. The van der Waals surface area contributed by atoms with Gasteiger partial charge in [0.2, 0.25) is 0 Å². The van der Waals surface area contributed by atoms with E-state index in [9.17, 15) is 0 Å². The Bertz CT molecular complexity index is 1860. The molecular formula is C45H52Cl2Zr-2. The predicted molar refractivity (Wildman–Crippen MR) is 200 cm³/mol. The molecule has 7 rings (SSSR count). The largest absolute Gasteiger partial charge is 1.00 e. The van der Waals surface area contributed by atoms with E-state index >= 15 is 0 Å². The van der Waals surface area contributed by atoms with E-state index in [1.165, 1.54) is 102 Å².